The minimum Gasteiger partial charge on any atom is -0.393 e. The maximum atomic E-state index is 10.1. The number of aryl methyl sites for hydroxylation is 2. The monoisotopic (exact) mass is 280 g/mol. The molecule has 3 nitrogen and oxygen atoms in total. The molecule has 1 aromatic rings. The highest BCUT2D eigenvalue weighted by molar-refractivity contribution is 5.09. The van der Waals surface area contributed by atoms with Crippen molar-refractivity contribution >= 4 is 0 Å². The number of hydrogen-bond donors (Lipinski definition) is 1. The van der Waals surface area contributed by atoms with Gasteiger partial charge >= 0.3 is 0 Å². The molecule has 3 heteroatoms. The molecule has 0 bridgehead atoms. The summed E-state index contributed by atoms with van der Waals surface area (Å²) in [4.78, 5) is 0. The highest BCUT2D eigenvalue weighted by atomic mass is 16.3. The van der Waals surface area contributed by atoms with Gasteiger partial charge in [0.25, 0.3) is 0 Å². The number of aromatic nitrogens is 2. The topological polar surface area (TPSA) is 38.1 Å². The summed E-state index contributed by atoms with van der Waals surface area (Å²) in [5, 5.41) is 14.6. The molecule has 0 aliphatic heterocycles. The van der Waals surface area contributed by atoms with E-state index in [2.05, 4.69) is 25.0 Å². The van der Waals surface area contributed by atoms with Gasteiger partial charge in [-0.2, -0.15) is 5.10 Å². The van der Waals surface area contributed by atoms with Crippen LogP contribution in [0.2, 0.25) is 0 Å². The number of unbranched alkanes of at least 4 members (excludes halogenated alkanes) is 6. The molecule has 0 aliphatic rings. The van der Waals surface area contributed by atoms with Crippen LogP contribution in [0, 0.1) is 6.92 Å². The summed E-state index contributed by atoms with van der Waals surface area (Å²) in [5.74, 6) is 0. The van der Waals surface area contributed by atoms with Crippen LogP contribution < -0.4 is 0 Å². The van der Waals surface area contributed by atoms with E-state index in [4.69, 9.17) is 0 Å². The van der Waals surface area contributed by atoms with E-state index in [1.807, 2.05) is 11.6 Å². The molecule has 1 aromatic heterocycles. The molecule has 1 heterocycles. The Hall–Kier alpha value is -0.830. The van der Waals surface area contributed by atoms with Crippen LogP contribution in [0.15, 0.2) is 6.07 Å². The van der Waals surface area contributed by atoms with Gasteiger partial charge in [-0.05, 0) is 26.3 Å². The summed E-state index contributed by atoms with van der Waals surface area (Å²) >= 11 is 0. The first-order chi connectivity index (χ1) is 9.67. The zero-order valence-electron chi connectivity index (χ0n) is 13.6. The van der Waals surface area contributed by atoms with Crippen LogP contribution in [0.3, 0.4) is 0 Å². The highest BCUT2D eigenvalue weighted by Gasteiger charge is 2.10. The van der Waals surface area contributed by atoms with E-state index >= 15 is 0 Å². The van der Waals surface area contributed by atoms with Gasteiger partial charge in [0, 0.05) is 18.7 Å². The smallest absolute Gasteiger partial charge is 0.0596 e. The third-order valence-electron chi connectivity index (χ3n) is 3.87. The number of nitrogens with zero attached hydrogens (tertiary/aromatic N) is 2. The van der Waals surface area contributed by atoms with Crippen LogP contribution >= 0.6 is 0 Å². The number of aliphatic hydroxyl groups excluding tert-OH is 1. The van der Waals surface area contributed by atoms with Gasteiger partial charge in [-0.15, -0.1) is 0 Å². The predicted molar refractivity (Wildman–Crippen MR) is 85.0 cm³/mol. The Bertz CT molecular complexity index is 360. The van der Waals surface area contributed by atoms with Crippen LogP contribution in [0.25, 0.3) is 0 Å². The van der Waals surface area contributed by atoms with Crippen LogP contribution in [-0.2, 0) is 13.0 Å². The summed E-state index contributed by atoms with van der Waals surface area (Å²) in [7, 11) is 0. The Morgan fingerprint density at radius 1 is 1.10 bits per heavy atom. The Morgan fingerprint density at radius 3 is 2.40 bits per heavy atom. The predicted octanol–water partition coefficient (Wildman–Crippen LogP) is 4.26. The Kier molecular flexibility index (Phi) is 8.59. The lowest BCUT2D eigenvalue weighted by Crippen LogP contribution is -2.14. The van der Waals surface area contributed by atoms with Gasteiger partial charge in [-0.25, -0.2) is 0 Å². The molecule has 0 amide bonds. The Labute approximate surface area is 124 Å². The van der Waals surface area contributed by atoms with E-state index in [9.17, 15) is 5.11 Å². The van der Waals surface area contributed by atoms with E-state index in [1.165, 1.54) is 44.2 Å². The average Bonchev–Trinajstić information content (AvgIpc) is 2.77. The third kappa shape index (κ3) is 6.56. The van der Waals surface area contributed by atoms with Crippen molar-refractivity contribution in [1.29, 1.82) is 0 Å². The van der Waals surface area contributed by atoms with Crippen LogP contribution in [0.4, 0.5) is 0 Å². The maximum absolute atomic E-state index is 10.1. The zero-order valence-corrected chi connectivity index (χ0v) is 13.6. The molecule has 1 N–H and O–H groups in total. The van der Waals surface area contributed by atoms with Gasteiger partial charge in [0.15, 0.2) is 0 Å². The largest absolute Gasteiger partial charge is 0.393 e. The van der Waals surface area contributed by atoms with Gasteiger partial charge in [0.2, 0.25) is 0 Å². The van der Waals surface area contributed by atoms with Gasteiger partial charge in [0.1, 0.15) is 0 Å². The second-order valence-corrected chi connectivity index (χ2v) is 5.86. The summed E-state index contributed by atoms with van der Waals surface area (Å²) in [6, 6.07) is 2.09. The molecule has 1 rings (SSSR count). The number of aliphatic hydroxyl groups is 1. The molecule has 0 saturated heterocycles. The van der Waals surface area contributed by atoms with Crippen molar-refractivity contribution in [2.75, 3.05) is 0 Å². The second-order valence-electron chi connectivity index (χ2n) is 5.86. The van der Waals surface area contributed by atoms with Crippen molar-refractivity contribution in [3.63, 3.8) is 0 Å². The Balaban J connectivity index is 2.15. The quantitative estimate of drug-likeness (QED) is 0.615. The van der Waals surface area contributed by atoms with Gasteiger partial charge in [0.05, 0.1) is 11.8 Å². The lowest BCUT2D eigenvalue weighted by Gasteiger charge is -2.11. The fourth-order valence-corrected chi connectivity index (χ4v) is 2.72. The van der Waals surface area contributed by atoms with Crippen molar-refractivity contribution in [1.82, 2.24) is 9.78 Å². The molecule has 1 atom stereocenters. The van der Waals surface area contributed by atoms with Crippen LogP contribution in [0.5, 0.6) is 0 Å². The minimum atomic E-state index is -0.216. The third-order valence-corrected chi connectivity index (χ3v) is 3.87. The lowest BCUT2D eigenvalue weighted by molar-refractivity contribution is 0.158. The van der Waals surface area contributed by atoms with Gasteiger partial charge < -0.3 is 5.11 Å². The molecular weight excluding hydrogens is 248 g/mol. The first kappa shape index (κ1) is 17.2. The molecule has 116 valence electrons. The zero-order chi connectivity index (χ0) is 14.8. The standard InChI is InChI=1S/C17H32N2O/c1-4-6-7-8-9-10-11-12-17(20)14-16-13-15(3)18-19(16)5-2/h13,17,20H,4-12,14H2,1-3H3. The lowest BCUT2D eigenvalue weighted by atomic mass is 10.0. The normalized spacial score (nSPS) is 12.8. The molecule has 0 aliphatic carbocycles. The Morgan fingerprint density at radius 2 is 1.75 bits per heavy atom. The van der Waals surface area contributed by atoms with E-state index in [0.717, 1.165) is 31.5 Å². The average molecular weight is 280 g/mol. The molecule has 20 heavy (non-hydrogen) atoms. The summed E-state index contributed by atoms with van der Waals surface area (Å²) < 4.78 is 2.00. The fraction of sp³-hybridized carbons (Fsp3) is 0.824. The van der Waals surface area contributed by atoms with Gasteiger partial charge in [-0.1, -0.05) is 51.9 Å². The fourth-order valence-electron chi connectivity index (χ4n) is 2.72. The number of rotatable bonds is 11. The molecule has 0 spiro atoms. The van der Waals surface area contributed by atoms with E-state index in [1.54, 1.807) is 0 Å². The first-order valence-corrected chi connectivity index (χ1v) is 8.38. The molecule has 0 radical (unpaired) electrons. The van der Waals surface area contributed by atoms with Crippen molar-refractivity contribution < 1.29 is 5.11 Å². The summed E-state index contributed by atoms with van der Waals surface area (Å²) in [6.45, 7) is 7.24. The maximum Gasteiger partial charge on any atom is 0.0596 e. The number of hydrogen-bond acceptors (Lipinski definition) is 2. The van der Waals surface area contributed by atoms with Crippen molar-refractivity contribution in [3.05, 3.63) is 17.5 Å². The molecular formula is C17H32N2O. The van der Waals surface area contributed by atoms with Gasteiger partial charge in [-0.3, -0.25) is 4.68 Å². The van der Waals surface area contributed by atoms with Crippen molar-refractivity contribution in [2.24, 2.45) is 0 Å². The van der Waals surface area contributed by atoms with Crippen LogP contribution in [0.1, 0.15) is 76.6 Å². The second kappa shape index (κ2) is 9.98. The molecule has 0 fully saturated rings. The minimum absolute atomic E-state index is 0.216. The summed E-state index contributed by atoms with van der Waals surface area (Å²) in [6.07, 6.45) is 10.6. The van der Waals surface area contributed by atoms with Crippen molar-refractivity contribution in [2.45, 2.75) is 91.2 Å². The van der Waals surface area contributed by atoms with E-state index in [-0.39, 0.29) is 6.10 Å². The van der Waals surface area contributed by atoms with E-state index < -0.39 is 0 Å². The highest BCUT2D eigenvalue weighted by Crippen LogP contribution is 2.13. The summed E-state index contributed by atoms with van der Waals surface area (Å²) in [5.41, 5.74) is 2.21. The van der Waals surface area contributed by atoms with E-state index in [0.29, 0.717) is 0 Å². The molecule has 0 saturated carbocycles. The molecule has 0 aromatic carbocycles. The molecule has 1 unspecified atom stereocenters. The SMILES string of the molecule is CCCCCCCCCC(O)Cc1cc(C)nn1CC. The first-order valence-electron chi connectivity index (χ1n) is 8.38. The van der Waals surface area contributed by atoms with Crippen LogP contribution in [-0.4, -0.2) is 21.0 Å². The van der Waals surface area contributed by atoms with Crippen molar-refractivity contribution in [3.8, 4) is 0 Å².